The molecule has 0 saturated heterocycles. The molecule has 1 aromatic carbocycles. The number of rotatable bonds is 0. The molecule has 1 aliphatic carbocycles. The van der Waals surface area contributed by atoms with Gasteiger partial charge >= 0.3 is 0 Å². The van der Waals surface area contributed by atoms with Crippen LogP contribution in [0.2, 0.25) is 0 Å². The molecule has 16 heavy (non-hydrogen) atoms. The van der Waals surface area contributed by atoms with Crippen LogP contribution in [0.4, 0.5) is 8.78 Å². The first-order chi connectivity index (χ1) is 7.68. The van der Waals surface area contributed by atoms with Gasteiger partial charge in [-0.15, -0.1) is 0 Å². The Bertz CT molecular complexity index is 557. The van der Waals surface area contributed by atoms with Gasteiger partial charge in [-0.25, -0.2) is 8.78 Å². The Morgan fingerprint density at radius 1 is 1.25 bits per heavy atom. The van der Waals surface area contributed by atoms with E-state index in [0.29, 0.717) is 16.8 Å². The fraction of sp³-hybridized carbons (Fsp3) is 0.385. The molecule has 0 radical (unpaired) electrons. The van der Waals surface area contributed by atoms with Crippen LogP contribution in [-0.2, 0) is 6.42 Å². The van der Waals surface area contributed by atoms with Gasteiger partial charge in [0.25, 0.3) is 0 Å². The molecule has 0 bridgehead atoms. The topological polar surface area (TPSA) is 15.8 Å². The summed E-state index contributed by atoms with van der Waals surface area (Å²) in [6.45, 7) is 2.08. The van der Waals surface area contributed by atoms with Gasteiger partial charge in [0.1, 0.15) is 11.6 Å². The maximum Gasteiger partial charge on any atom is 0.147 e. The monoisotopic (exact) mass is 221 g/mol. The zero-order valence-corrected chi connectivity index (χ0v) is 9.11. The van der Waals surface area contributed by atoms with E-state index < -0.39 is 0 Å². The molecule has 1 aromatic heterocycles. The molecule has 1 N–H and O–H groups in total. The van der Waals surface area contributed by atoms with Gasteiger partial charge in [-0.2, -0.15) is 0 Å². The zero-order chi connectivity index (χ0) is 11.3. The average Bonchev–Trinajstić information content (AvgIpc) is 2.65. The number of aromatic amines is 1. The molecule has 3 heteroatoms. The molecule has 0 fully saturated rings. The quantitative estimate of drug-likeness (QED) is 0.694. The lowest BCUT2D eigenvalue weighted by Gasteiger charge is -2.18. The first-order valence-corrected chi connectivity index (χ1v) is 5.67. The van der Waals surface area contributed by atoms with Crippen molar-refractivity contribution in [1.82, 2.24) is 4.98 Å². The van der Waals surface area contributed by atoms with E-state index in [0.717, 1.165) is 30.5 Å². The maximum atomic E-state index is 13.8. The minimum absolute atomic E-state index is 0.314. The standard InChI is InChI=1S/C13H13F2N/c1-7-3-2-4-10-11(7)12-8(14)5-6-9(15)13(12)16-10/h5-7,16H,2-4H2,1H3. The van der Waals surface area contributed by atoms with Crippen molar-refractivity contribution in [1.29, 1.82) is 0 Å². The van der Waals surface area contributed by atoms with E-state index in [1.165, 1.54) is 12.1 Å². The second-order valence-corrected chi connectivity index (χ2v) is 4.59. The highest BCUT2D eigenvalue weighted by molar-refractivity contribution is 5.86. The summed E-state index contributed by atoms with van der Waals surface area (Å²) in [5, 5.41) is 0.460. The van der Waals surface area contributed by atoms with Gasteiger partial charge in [-0.05, 0) is 42.9 Å². The molecule has 1 nitrogen and oxygen atoms in total. The molecule has 0 aliphatic heterocycles. The highest BCUT2D eigenvalue weighted by atomic mass is 19.1. The van der Waals surface area contributed by atoms with E-state index in [9.17, 15) is 8.78 Å². The number of nitrogens with one attached hydrogen (secondary N) is 1. The Morgan fingerprint density at radius 3 is 2.81 bits per heavy atom. The van der Waals surface area contributed by atoms with E-state index in [1.54, 1.807) is 0 Å². The van der Waals surface area contributed by atoms with E-state index >= 15 is 0 Å². The fourth-order valence-corrected chi connectivity index (χ4v) is 2.78. The average molecular weight is 221 g/mol. The second-order valence-electron chi connectivity index (χ2n) is 4.59. The SMILES string of the molecule is CC1CCCc2[nH]c3c(F)ccc(F)c3c21. The molecule has 0 spiro atoms. The summed E-state index contributed by atoms with van der Waals surface area (Å²) in [5.41, 5.74) is 2.33. The van der Waals surface area contributed by atoms with Crippen molar-refractivity contribution in [3.05, 3.63) is 35.0 Å². The predicted molar refractivity (Wildman–Crippen MR) is 59.6 cm³/mol. The van der Waals surface area contributed by atoms with Crippen molar-refractivity contribution < 1.29 is 8.78 Å². The lowest BCUT2D eigenvalue weighted by molar-refractivity contribution is 0.584. The van der Waals surface area contributed by atoms with Crippen LogP contribution in [0.15, 0.2) is 12.1 Å². The first kappa shape index (κ1) is 9.82. The van der Waals surface area contributed by atoms with E-state index in [4.69, 9.17) is 0 Å². The highest BCUT2D eigenvalue weighted by Gasteiger charge is 2.24. The number of H-pyrrole nitrogens is 1. The second kappa shape index (κ2) is 3.30. The first-order valence-electron chi connectivity index (χ1n) is 5.67. The van der Waals surface area contributed by atoms with Crippen LogP contribution in [-0.4, -0.2) is 4.98 Å². The van der Waals surface area contributed by atoms with Gasteiger partial charge in [0, 0.05) is 11.1 Å². The molecule has 84 valence electrons. The van der Waals surface area contributed by atoms with Gasteiger partial charge < -0.3 is 4.98 Å². The van der Waals surface area contributed by atoms with Crippen molar-refractivity contribution in [2.24, 2.45) is 0 Å². The van der Waals surface area contributed by atoms with Gasteiger partial charge in [0.15, 0.2) is 0 Å². The summed E-state index contributed by atoms with van der Waals surface area (Å²) in [7, 11) is 0. The Balaban J connectivity index is 2.42. The Hall–Kier alpha value is -1.38. The highest BCUT2D eigenvalue weighted by Crippen LogP contribution is 2.38. The van der Waals surface area contributed by atoms with Crippen LogP contribution in [0.1, 0.15) is 36.9 Å². The van der Waals surface area contributed by atoms with Crippen molar-refractivity contribution in [3.8, 4) is 0 Å². The summed E-state index contributed by atoms with van der Waals surface area (Å²) in [6, 6.07) is 2.40. The van der Waals surface area contributed by atoms with Crippen molar-refractivity contribution in [2.75, 3.05) is 0 Å². The van der Waals surface area contributed by atoms with Crippen LogP contribution in [0.25, 0.3) is 10.9 Å². The normalized spacial score (nSPS) is 20.1. The van der Waals surface area contributed by atoms with Crippen LogP contribution < -0.4 is 0 Å². The van der Waals surface area contributed by atoms with Crippen LogP contribution in [0, 0.1) is 11.6 Å². The van der Waals surface area contributed by atoms with Crippen molar-refractivity contribution in [3.63, 3.8) is 0 Å². The molecular weight excluding hydrogens is 208 g/mol. The third-order valence-electron chi connectivity index (χ3n) is 3.53. The summed E-state index contributed by atoms with van der Waals surface area (Å²) in [4.78, 5) is 3.04. The molecule has 1 atom stereocenters. The number of halogens is 2. The molecule has 0 amide bonds. The number of aromatic nitrogens is 1. The summed E-state index contributed by atoms with van der Waals surface area (Å²) in [5.74, 6) is -0.366. The molecule has 2 aromatic rings. The smallest absolute Gasteiger partial charge is 0.147 e. The van der Waals surface area contributed by atoms with Crippen LogP contribution >= 0.6 is 0 Å². The fourth-order valence-electron chi connectivity index (χ4n) is 2.78. The van der Waals surface area contributed by atoms with E-state index in [1.807, 2.05) is 0 Å². The van der Waals surface area contributed by atoms with Crippen molar-refractivity contribution >= 4 is 10.9 Å². The van der Waals surface area contributed by atoms with E-state index in [2.05, 4.69) is 11.9 Å². The summed E-state index contributed by atoms with van der Waals surface area (Å²) < 4.78 is 27.4. The number of aryl methyl sites for hydroxylation is 1. The maximum absolute atomic E-state index is 13.8. The number of hydrogen-bond donors (Lipinski definition) is 1. The summed E-state index contributed by atoms with van der Waals surface area (Å²) in [6.07, 6.45) is 3.04. The van der Waals surface area contributed by atoms with Crippen molar-refractivity contribution in [2.45, 2.75) is 32.1 Å². The van der Waals surface area contributed by atoms with Gasteiger partial charge in [-0.1, -0.05) is 6.92 Å². The van der Waals surface area contributed by atoms with E-state index in [-0.39, 0.29) is 11.6 Å². The molecule has 1 aliphatic rings. The zero-order valence-electron chi connectivity index (χ0n) is 9.11. The molecule has 1 heterocycles. The molecule has 1 unspecified atom stereocenters. The number of benzene rings is 1. The lowest BCUT2D eigenvalue weighted by atomic mass is 9.86. The Kier molecular flexibility index (Phi) is 2.03. The number of hydrogen-bond acceptors (Lipinski definition) is 0. The van der Waals surface area contributed by atoms with Crippen LogP contribution in [0.5, 0.6) is 0 Å². The Morgan fingerprint density at radius 2 is 2.00 bits per heavy atom. The lowest BCUT2D eigenvalue weighted by Crippen LogP contribution is -2.05. The third-order valence-corrected chi connectivity index (χ3v) is 3.53. The summed E-state index contributed by atoms with van der Waals surface area (Å²) >= 11 is 0. The number of fused-ring (bicyclic) bond motifs is 3. The molecule has 0 saturated carbocycles. The molecular formula is C13H13F2N. The molecule has 3 rings (SSSR count). The minimum Gasteiger partial charge on any atom is -0.356 e. The van der Waals surface area contributed by atoms with Gasteiger partial charge in [-0.3, -0.25) is 0 Å². The van der Waals surface area contributed by atoms with Gasteiger partial charge in [0.2, 0.25) is 0 Å². The third kappa shape index (κ3) is 1.20. The predicted octanol–water partition coefficient (Wildman–Crippen LogP) is 3.89. The Labute approximate surface area is 92.5 Å². The van der Waals surface area contributed by atoms with Gasteiger partial charge in [0.05, 0.1) is 5.52 Å². The largest absolute Gasteiger partial charge is 0.356 e. The minimum atomic E-state index is -0.363. The van der Waals surface area contributed by atoms with Crippen LogP contribution in [0.3, 0.4) is 0 Å².